The van der Waals surface area contributed by atoms with Crippen LogP contribution in [0.3, 0.4) is 0 Å². The zero-order chi connectivity index (χ0) is 14.5. The van der Waals surface area contributed by atoms with Gasteiger partial charge in [-0.1, -0.05) is 0 Å². The Morgan fingerprint density at radius 1 is 1.35 bits per heavy atom. The average molecular weight is 296 g/mol. The fourth-order valence-corrected chi connectivity index (χ4v) is 3.29. The van der Waals surface area contributed by atoms with Crippen LogP contribution in [-0.2, 0) is 11.3 Å². The third kappa shape index (κ3) is 4.23. The standard InChI is InChI=1S/C14H20N2O3S/c1-9-6-12(20-8-9)7-15-14(19)16-11-4-2-10(3-5-11)13(17)18/h6,8,10-11H,2-5,7H2,1H3,(H,17,18)(H2,15,16,19). The van der Waals surface area contributed by atoms with Crippen molar-refractivity contribution >= 4 is 23.3 Å². The van der Waals surface area contributed by atoms with Gasteiger partial charge in [0.15, 0.2) is 0 Å². The van der Waals surface area contributed by atoms with Crippen molar-refractivity contribution in [3.8, 4) is 0 Å². The van der Waals surface area contributed by atoms with Crippen LogP contribution in [0.4, 0.5) is 4.79 Å². The van der Waals surface area contributed by atoms with E-state index in [0.717, 1.165) is 17.7 Å². The number of aryl methyl sites for hydroxylation is 1. The molecule has 1 aliphatic carbocycles. The molecule has 3 N–H and O–H groups in total. The maximum atomic E-state index is 11.8. The Balaban J connectivity index is 1.69. The number of nitrogens with one attached hydrogen (secondary N) is 2. The van der Waals surface area contributed by atoms with Crippen LogP contribution in [0, 0.1) is 12.8 Å². The lowest BCUT2D eigenvalue weighted by molar-refractivity contribution is -0.142. The van der Waals surface area contributed by atoms with Crippen LogP contribution in [0.5, 0.6) is 0 Å². The Labute approximate surface area is 122 Å². The number of aliphatic carboxylic acids is 1. The number of thiophene rings is 1. The van der Waals surface area contributed by atoms with Gasteiger partial charge in [0, 0.05) is 10.9 Å². The maximum absolute atomic E-state index is 11.8. The first-order valence-corrected chi connectivity index (χ1v) is 7.73. The Morgan fingerprint density at radius 2 is 2.05 bits per heavy atom. The van der Waals surface area contributed by atoms with E-state index in [1.165, 1.54) is 5.56 Å². The van der Waals surface area contributed by atoms with Crippen LogP contribution in [0.25, 0.3) is 0 Å². The number of carboxylic acids is 1. The molecule has 110 valence electrons. The van der Waals surface area contributed by atoms with Crippen LogP contribution < -0.4 is 10.6 Å². The molecule has 6 heteroatoms. The molecular weight excluding hydrogens is 276 g/mol. The summed E-state index contributed by atoms with van der Waals surface area (Å²) in [6.45, 7) is 2.57. The van der Waals surface area contributed by atoms with Gasteiger partial charge in [-0.15, -0.1) is 11.3 Å². The van der Waals surface area contributed by atoms with Crippen molar-refractivity contribution in [2.75, 3.05) is 0 Å². The molecule has 20 heavy (non-hydrogen) atoms. The number of carbonyl (C=O) groups excluding carboxylic acids is 1. The lowest BCUT2D eigenvalue weighted by Crippen LogP contribution is -2.43. The monoisotopic (exact) mass is 296 g/mol. The summed E-state index contributed by atoms with van der Waals surface area (Å²) < 4.78 is 0. The molecule has 1 aromatic heterocycles. The van der Waals surface area contributed by atoms with Crippen molar-refractivity contribution in [2.24, 2.45) is 5.92 Å². The first-order chi connectivity index (χ1) is 9.54. The number of carboxylic acid groups (broad SMARTS) is 1. The molecule has 0 bridgehead atoms. The van der Waals surface area contributed by atoms with Gasteiger partial charge in [-0.25, -0.2) is 4.79 Å². The predicted molar refractivity (Wildman–Crippen MR) is 77.8 cm³/mol. The topological polar surface area (TPSA) is 78.4 Å². The summed E-state index contributed by atoms with van der Waals surface area (Å²) in [7, 11) is 0. The van der Waals surface area contributed by atoms with E-state index in [2.05, 4.69) is 22.1 Å². The number of amides is 2. The molecule has 1 saturated carbocycles. The number of urea groups is 1. The van der Waals surface area contributed by atoms with Crippen molar-refractivity contribution in [3.63, 3.8) is 0 Å². The Kier molecular flexibility index (Phi) is 5.00. The average Bonchev–Trinajstić information content (AvgIpc) is 2.83. The van der Waals surface area contributed by atoms with Gasteiger partial charge in [-0.2, -0.15) is 0 Å². The minimum atomic E-state index is -0.721. The molecule has 0 aliphatic heterocycles. The number of hydrogen-bond acceptors (Lipinski definition) is 3. The number of hydrogen-bond donors (Lipinski definition) is 3. The smallest absolute Gasteiger partial charge is 0.315 e. The third-order valence-electron chi connectivity index (χ3n) is 3.62. The van der Waals surface area contributed by atoms with E-state index in [0.29, 0.717) is 19.4 Å². The molecular formula is C14H20N2O3S. The lowest BCUT2D eigenvalue weighted by atomic mass is 9.86. The SMILES string of the molecule is Cc1csc(CNC(=O)NC2CCC(C(=O)O)CC2)c1. The summed E-state index contributed by atoms with van der Waals surface area (Å²) in [4.78, 5) is 23.8. The van der Waals surface area contributed by atoms with E-state index in [4.69, 9.17) is 5.11 Å². The minimum Gasteiger partial charge on any atom is -0.481 e. The highest BCUT2D eigenvalue weighted by Gasteiger charge is 2.26. The Hall–Kier alpha value is -1.56. The summed E-state index contributed by atoms with van der Waals surface area (Å²) in [6, 6.07) is 1.98. The first kappa shape index (κ1) is 14.8. The molecule has 1 aliphatic rings. The van der Waals surface area contributed by atoms with E-state index in [9.17, 15) is 9.59 Å². The largest absolute Gasteiger partial charge is 0.481 e. The first-order valence-electron chi connectivity index (χ1n) is 6.86. The molecule has 0 radical (unpaired) electrons. The minimum absolute atomic E-state index is 0.0932. The highest BCUT2D eigenvalue weighted by Crippen LogP contribution is 2.24. The molecule has 1 heterocycles. The fraction of sp³-hybridized carbons (Fsp3) is 0.571. The molecule has 2 amide bonds. The van der Waals surface area contributed by atoms with Gasteiger partial charge in [0.25, 0.3) is 0 Å². The summed E-state index contributed by atoms with van der Waals surface area (Å²) in [6.07, 6.45) is 2.76. The van der Waals surface area contributed by atoms with E-state index >= 15 is 0 Å². The third-order valence-corrected chi connectivity index (χ3v) is 4.67. The maximum Gasteiger partial charge on any atom is 0.315 e. The van der Waals surface area contributed by atoms with Gasteiger partial charge in [-0.3, -0.25) is 4.79 Å². The summed E-state index contributed by atoms with van der Waals surface area (Å²) in [5.41, 5.74) is 1.21. The van der Waals surface area contributed by atoms with Crippen molar-refractivity contribution in [1.82, 2.24) is 10.6 Å². The van der Waals surface area contributed by atoms with E-state index in [-0.39, 0.29) is 18.0 Å². The fourth-order valence-electron chi connectivity index (χ4n) is 2.47. The van der Waals surface area contributed by atoms with Crippen LogP contribution in [0.15, 0.2) is 11.4 Å². The van der Waals surface area contributed by atoms with Gasteiger partial charge >= 0.3 is 12.0 Å². The second-order valence-corrected chi connectivity index (χ2v) is 6.30. The normalized spacial score (nSPS) is 22.2. The highest BCUT2D eigenvalue weighted by atomic mass is 32.1. The van der Waals surface area contributed by atoms with E-state index in [1.54, 1.807) is 11.3 Å². The zero-order valence-corrected chi connectivity index (χ0v) is 12.3. The van der Waals surface area contributed by atoms with Gasteiger partial charge in [-0.05, 0) is 49.6 Å². The van der Waals surface area contributed by atoms with Crippen molar-refractivity contribution in [1.29, 1.82) is 0 Å². The van der Waals surface area contributed by atoms with Gasteiger partial charge < -0.3 is 15.7 Å². The second-order valence-electron chi connectivity index (χ2n) is 5.30. The van der Waals surface area contributed by atoms with Gasteiger partial charge in [0.1, 0.15) is 0 Å². The summed E-state index contributed by atoms with van der Waals surface area (Å²) in [5, 5.41) is 16.7. The van der Waals surface area contributed by atoms with Crippen molar-refractivity contribution < 1.29 is 14.7 Å². The summed E-state index contributed by atoms with van der Waals surface area (Å²) >= 11 is 1.63. The van der Waals surface area contributed by atoms with Crippen molar-refractivity contribution in [2.45, 2.75) is 45.2 Å². The Morgan fingerprint density at radius 3 is 2.60 bits per heavy atom. The molecule has 5 nitrogen and oxygen atoms in total. The van der Waals surface area contributed by atoms with Gasteiger partial charge in [0.05, 0.1) is 12.5 Å². The van der Waals surface area contributed by atoms with E-state index < -0.39 is 5.97 Å². The predicted octanol–water partition coefficient (Wildman–Crippen LogP) is 2.50. The molecule has 0 unspecified atom stereocenters. The molecule has 2 rings (SSSR count). The highest BCUT2D eigenvalue weighted by molar-refractivity contribution is 7.10. The number of rotatable bonds is 4. The van der Waals surface area contributed by atoms with Crippen molar-refractivity contribution in [3.05, 3.63) is 21.9 Å². The Bertz CT molecular complexity index is 479. The molecule has 0 saturated heterocycles. The van der Waals surface area contributed by atoms with Crippen LogP contribution in [0.1, 0.15) is 36.1 Å². The van der Waals surface area contributed by atoms with Crippen LogP contribution in [0.2, 0.25) is 0 Å². The van der Waals surface area contributed by atoms with Crippen LogP contribution in [-0.4, -0.2) is 23.1 Å². The molecule has 0 aromatic carbocycles. The second kappa shape index (κ2) is 6.74. The lowest BCUT2D eigenvalue weighted by Gasteiger charge is -2.26. The molecule has 0 atom stereocenters. The van der Waals surface area contributed by atoms with E-state index in [1.807, 2.05) is 6.92 Å². The molecule has 1 aromatic rings. The number of carbonyl (C=O) groups is 2. The summed E-state index contributed by atoms with van der Waals surface area (Å²) in [5.74, 6) is -0.967. The van der Waals surface area contributed by atoms with Gasteiger partial charge in [0.2, 0.25) is 0 Å². The zero-order valence-electron chi connectivity index (χ0n) is 11.5. The quantitative estimate of drug-likeness (QED) is 0.798. The molecule has 1 fully saturated rings. The molecule has 0 spiro atoms. The van der Waals surface area contributed by atoms with Crippen LogP contribution >= 0.6 is 11.3 Å².